The van der Waals surface area contributed by atoms with Gasteiger partial charge in [0.2, 0.25) is 0 Å². The van der Waals surface area contributed by atoms with Crippen molar-refractivity contribution in [3.63, 3.8) is 0 Å². The van der Waals surface area contributed by atoms with Crippen molar-refractivity contribution < 1.29 is 13.9 Å². The number of H-pyrrole nitrogens is 6. The van der Waals surface area contributed by atoms with Gasteiger partial charge < -0.3 is 39.4 Å². The van der Waals surface area contributed by atoms with Crippen LogP contribution in [0.2, 0.25) is 0 Å². The van der Waals surface area contributed by atoms with Crippen LogP contribution in [0.1, 0.15) is 0 Å². The number of rotatable bonds is 9. The first-order valence-corrected chi connectivity index (χ1v) is 30.5. The maximum Gasteiger partial charge on any atom is 0.161 e. The van der Waals surface area contributed by atoms with Gasteiger partial charge in [-0.25, -0.2) is 19.3 Å². The van der Waals surface area contributed by atoms with Gasteiger partial charge in [-0.2, -0.15) is 0 Å². The predicted octanol–water partition coefficient (Wildman–Crippen LogP) is 19.8. The Morgan fingerprint density at radius 1 is 0.379 bits per heavy atom. The first-order chi connectivity index (χ1) is 42.5. The molecule has 0 saturated heterocycles. The minimum absolute atomic E-state index is 0.272. The molecule has 424 valence electrons. The van der Waals surface area contributed by atoms with E-state index in [9.17, 15) is 4.39 Å². The van der Waals surface area contributed by atoms with Crippen LogP contribution in [0.4, 0.5) is 4.39 Å². The average Bonchev–Trinajstić information content (AvgIpc) is 1.75. The third-order valence-corrected chi connectivity index (χ3v) is 17.2. The van der Waals surface area contributed by atoms with Crippen LogP contribution in [0.15, 0.2) is 225 Å². The summed E-state index contributed by atoms with van der Waals surface area (Å²) in [5, 5.41) is 5.04. The van der Waals surface area contributed by atoms with Crippen LogP contribution in [0.5, 0.6) is 11.5 Å². The third kappa shape index (κ3) is 10.7. The first kappa shape index (κ1) is 55.4. The Morgan fingerprint density at radius 2 is 0.851 bits per heavy atom. The molecular weight excluding hydrogens is 1350 g/mol. The van der Waals surface area contributed by atoms with Crippen LogP contribution in [-0.2, 0) is 0 Å². The van der Waals surface area contributed by atoms with Crippen LogP contribution in [0.25, 0.3) is 145 Å². The molecule has 0 atom stereocenters. The zero-order valence-corrected chi connectivity index (χ0v) is 52.4. The summed E-state index contributed by atoms with van der Waals surface area (Å²) in [6, 6.07) is 57.3. The number of methoxy groups -OCH3 is 2. The number of imidazole rings is 3. The van der Waals surface area contributed by atoms with Gasteiger partial charge in [0, 0.05) is 131 Å². The number of fused-ring (bicyclic) bond motifs is 9. The third-order valence-electron chi connectivity index (χ3n) is 15.1. The van der Waals surface area contributed by atoms with Crippen LogP contribution in [-0.4, -0.2) is 69.0 Å². The summed E-state index contributed by atoms with van der Waals surface area (Å²) in [6.45, 7) is 0. The Labute approximate surface area is 529 Å². The fourth-order valence-corrected chi connectivity index (χ4v) is 12.2. The summed E-state index contributed by atoms with van der Waals surface area (Å²) >= 11 is 14.1. The van der Waals surface area contributed by atoms with Gasteiger partial charge in [-0.1, -0.05) is 118 Å². The van der Waals surface area contributed by atoms with Crippen molar-refractivity contribution >= 4 is 129 Å². The minimum Gasteiger partial charge on any atom is -0.493 e. The van der Waals surface area contributed by atoms with E-state index in [1.165, 1.54) is 12.1 Å². The van der Waals surface area contributed by atoms with Gasteiger partial charge >= 0.3 is 0 Å². The molecule has 6 N–H and O–H groups in total. The molecule has 18 heteroatoms. The number of halogens is 5. The number of aromatic amines is 6. The molecule has 0 fully saturated rings. The molecule has 8 aromatic carbocycles. The van der Waals surface area contributed by atoms with E-state index in [0.29, 0.717) is 17.3 Å². The van der Waals surface area contributed by atoms with Crippen LogP contribution < -0.4 is 9.47 Å². The lowest BCUT2D eigenvalue weighted by Gasteiger charge is -2.09. The molecule has 8 heterocycles. The highest BCUT2D eigenvalue weighted by Gasteiger charge is 2.22. The lowest BCUT2D eigenvalue weighted by atomic mass is 10.0. The number of hydrogen-bond acceptors (Lipinski definition) is 7. The second-order valence-electron chi connectivity index (χ2n) is 20.4. The van der Waals surface area contributed by atoms with E-state index in [1.54, 1.807) is 32.7 Å². The smallest absolute Gasteiger partial charge is 0.161 e. The van der Waals surface area contributed by atoms with Gasteiger partial charge in [0.25, 0.3) is 0 Å². The highest BCUT2D eigenvalue weighted by molar-refractivity contribution is 9.11. The molecule has 0 unspecified atom stereocenters. The summed E-state index contributed by atoms with van der Waals surface area (Å²) in [5.74, 6) is 3.40. The van der Waals surface area contributed by atoms with E-state index in [2.05, 4.69) is 152 Å². The van der Waals surface area contributed by atoms with Crippen LogP contribution in [0.3, 0.4) is 0 Å². The molecular formula is C69H46Br4FN11O2. The summed E-state index contributed by atoms with van der Waals surface area (Å²) < 4.78 is 28.9. The fraction of sp³-hybridized carbons (Fsp3) is 0.0290. The first-order valence-electron chi connectivity index (χ1n) is 27.4. The highest BCUT2D eigenvalue weighted by Crippen LogP contribution is 2.41. The van der Waals surface area contributed by atoms with Gasteiger partial charge in [-0.05, 0) is 121 Å². The molecule has 16 aromatic rings. The zero-order valence-electron chi connectivity index (χ0n) is 46.1. The highest BCUT2D eigenvalue weighted by atomic mass is 79.9. The van der Waals surface area contributed by atoms with Crippen molar-refractivity contribution in [3.05, 3.63) is 231 Å². The Kier molecular flexibility index (Phi) is 14.9. The van der Waals surface area contributed by atoms with Gasteiger partial charge in [0.05, 0.1) is 59.1 Å². The van der Waals surface area contributed by atoms with E-state index in [0.717, 1.165) is 157 Å². The average molecular weight is 1400 g/mol. The van der Waals surface area contributed by atoms with Crippen molar-refractivity contribution in [1.29, 1.82) is 0 Å². The normalized spacial score (nSPS) is 11.4. The number of nitrogens with one attached hydrogen (secondary N) is 6. The van der Waals surface area contributed by atoms with Crippen molar-refractivity contribution in [2.24, 2.45) is 0 Å². The van der Waals surface area contributed by atoms with E-state index in [-0.39, 0.29) is 5.82 Å². The second kappa shape index (κ2) is 23.4. The number of aromatic nitrogens is 11. The predicted molar refractivity (Wildman–Crippen MR) is 361 cm³/mol. The lowest BCUT2D eigenvalue weighted by Crippen LogP contribution is -1.91. The molecule has 0 amide bonds. The van der Waals surface area contributed by atoms with Gasteiger partial charge in [0.15, 0.2) is 11.5 Å². The van der Waals surface area contributed by atoms with Gasteiger partial charge in [-0.15, -0.1) is 0 Å². The van der Waals surface area contributed by atoms with Gasteiger partial charge in [0.1, 0.15) is 23.3 Å². The molecule has 0 bridgehead atoms. The number of benzene rings is 8. The second-order valence-corrected chi connectivity index (χ2v) is 24.0. The van der Waals surface area contributed by atoms with Gasteiger partial charge in [-0.3, -0.25) is 9.97 Å². The standard InChI is InChI=1S/C25H20BrN3O2.C23H14Br2FN3.C21H12BrN5/c1-30-21-11-8-16(12-22(21)31-2)24-23(15-6-4-3-5-7-15)28-25(29-24)19-14-27-20-10-9-17(26)13-18(19)20;24-15-5-1-13(2-6-15)21-22(14-3-7-16(25)8-4-14)29-23(28-21)19-12-27-20-10-9-17(26)11-18(19)20;22-11-5-6-16-14(9-11)15(10-25-16)21-26-19-12-3-1-7-23-17(12)18-13(20(19)27-21)4-2-8-24-18/h3-14,27H,1-2H3,(H,28,29);1-12,27H,(H,28,29);1-10,25H,(H,26,27). The number of ether oxygens (including phenoxy) is 2. The summed E-state index contributed by atoms with van der Waals surface area (Å²) in [4.78, 5) is 44.4. The van der Waals surface area contributed by atoms with E-state index in [1.807, 2.05) is 128 Å². The molecule has 0 saturated carbocycles. The molecule has 13 nitrogen and oxygen atoms in total. The number of nitrogens with zero attached hydrogens (tertiary/aromatic N) is 5. The molecule has 87 heavy (non-hydrogen) atoms. The Bertz CT molecular complexity index is 5090. The molecule has 16 rings (SSSR count). The Morgan fingerprint density at radius 3 is 1.43 bits per heavy atom. The maximum absolute atomic E-state index is 13.8. The zero-order chi connectivity index (χ0) is 59.3. The van der Waals surface area contributed by atoms with Crippen molar-refractivity contribution in [3.8, 4) is 90.7 Å². The van der Waals surface area contributed by atoms with Crippen molar-refractivity contribution in [2.45, 2.75) is 0 Å². The van der Waals surface area contributed by atoms with E-state index < -0.39 is 0 Å². The molecule has 0 spiro atoms. The topological polar surface area (TPSA) is 178 Å². The Hall–Kier alpha value is -9.46. The largest absolute Gasteiger partial charge is 0.493 e. The quantitative estimate of drug-likeness (QED) is 0.0779. The maximum atomic E-state index is 13.8. The Balaban J connectivity index is 0.000000115. The lowest BCUT2D eigenvalue weighted by molar-refractivity contribution is 0.355. The monoisotopic (exact) mass is 1400 g/mol. The molecule has 0 aliphatic carbocycles. The number of hydrogen-bond donors (Lipinski definition) is 6. The SMILES string of the molecule is Brc1ccc2[nH]cc(-c3nc4c5cccnc5c5ncccc5c4[nH]3)c2c1.COc1ccc(-c2nc(-c3c[nH]c4ccc(Br)cc34)[nH]c2-c2ccccc2)cc1OC.Fc1ccc2[nH]cc(-c3nc(-c4ccc(Br)cc4)c(-c4ccc(Br)cc4)[nH]3)c2c1. The van der Waals surface area contributed by atoms with E-state index >= 15 is 0 Å². The van der Waals surface area contributed by atoms with E-state index in [4.69, 9.17) is 24.4 Å². The molecule has 0 aliphatic rings. The number of pyridine rings is 2. The summed E-state index contributed by atoms with van der Waals surface area (Å²) in [7, 11) is 3.27. The van der Waals surface area contributed by atoms with Crippen molar-refractivity contribution in [2.75, 3.05) is 14.2 Å². The van der Waals surface area contributed by atoms with Crippen molar-refractivity contribution in [1.82, 2.24) is 54.8 Å². The van der Waals surface area contributed by atoms with Crippen LogP contribution in [0, 0.1) is 5.82 Å². The molecule has 0 aliphatic heterocycles. The minimum atomic E-state index is -0.272. The fourth-order valence-electron chi connectivity index (χ4n) is 11.0. The van der Waals surface area contributed by atoms with Crippen LogP contribution >= 0.6 is 63.7 Å². The summed E-state index contributed by atoms with van der Waals surface area (Å²) in [6.07, 6.45) is 9.45. The molecule has 0 radical (unpaired) electrons. The molecule has 8 aromatic heterocycles. The summed E-state index contributed by atoms with van der Waals surface area (Å²) in [5.41, 5.74) is 17.2.